The maximum absolute atomic E-state index is 13.8. The molecule has 0 saturated heterocycles. The Morgan fingerprint density at radius 2 is 1.76 bits per heavy atom. The molecule has 0 aliphatic rings. The highest BCUT2D eigenvalue weighted by Crippen LogP contribution is 2.25. The predicted octanol–water partition coefficient (Wildman–Crippen LogP) is 4.12. The van der Waals surface area contributed by atoms with Gasteiger partial charge in [-0.25, -0.2) is 8.78 Å². The Labute approximate surface area is 126 Å². The monoisotopic (exact) mass is 299 g/mol. The summed E-state index contributed by atoms with van der Waals surface area (Å²) in [5.74, 6) is -1.72. The van der Waals surface area contributed by atoms with Gasteiger partial charge in [-0.05, 0) is 18.1 Å². The molecule has 1 rings (SSSR count). The molecule has 2 unspecified atom stereocenters. The molecule has 120 valence electrons. The third kappa shape index (κ3) is 6.10. The van der Waals surface area contributed by atoms with Gasteiger partial charge in [-0.1, -0.05) is 51.5 Å². The van der Waals surface area contributed by atoms with E-state index in [4.69, 9.17) is 5.73 Å². The summed E-state index contributed by atoms with van der Waals surface area (Å²) in [6.45, 7) is 2.33. The second-order valence-electron chi connectivity index (χ2n) is 5.63. The van der Waals surface area contributed by atoms with Gasteiger partial charge in [0.25, 0.3) is 0 Å². The van der Waals surface area contributed by atoms with Crippen molar-refractivity contribution in [3.63, 3.8) is 0 Å². The lowest BCUT2D eigenvalue weighted by atomic mass is 9.90. The van der Waals surface area contributed by atoms with Crippen LogP contribution in [-0.2, 0) is 0 Å². The highest BCUT2D eigenvalue weighted by Gasteiger charge is 2.22. The molecule has 2 nitrogen and oxygen atoms in total. The summed E-state index contributed by atoms with van der Waals surface area (Å²) in [6, 6.07) is 3.43. The van der Waals surface area contributed by atoms with Crippen molar-refractivity contribution in [1.82, 2.24) is 0 Å². The first-order valence-electron chi connectivity index (χ1n) is 7.93. The molecular formula is C17H27F2NO. The van der Waals surface area contributed by atoms with Gasteiger partial charge in [-0.2, -0.15) is 0 Å². The number of benzene rings is 1. The van der Waals surface area contributed by atoms with Gasteiger partial charge in [-0.15, -0.1) is 0 Å². The van der Waals surface area contributed by atoms with Crippen LogP contribution in [0.1, 0.15) is 63.4 Å². The summed E-state index contributed by atoms with van der Waals surface area (Å²) in [7, 11) is 0. The lowest BCUT2D eigenvalue weighted by molar-refractivity contribution is 0.130. The smallest absolute Gasteiger partial charge is 0.129 e. The van der Waals surface area contributed by atoms with Crippen LogP contribution in [0.4, 0.5) is 8.78 Å². The Kier molecular flexibility index (Phi) is 8.47. The largest absolute Gasteiger partial charge is 0.392 e. The number of aliphatic hydroxyl groups excluding tert-OH is 1. The number of hydrogen-bond donors (Lipinski definition) is 2. The van der Waals surface area contributed by atoms with Crippen LogP contribution in [0.2, 0.25) is 0 Å². The summed E-state index contributed by atoms with van der Waals surface area (Å²) in [5, 5.41) is 10.2. The highest BCUT2D eigenvalue weighted by atomic mass is 19.1. The minimum Gasteiger partial charge on any atom is -0.392 e. The molecule has 0 saturated carbocycles. The van der Waals surface area contributed by atoms with Crippen molar-refractivity contribution >= 4 is 0 Å². The van der Waals surface area contributed by atoms with E-state index in [9.17, 15) is 13.9 Å². The van der Waals surface area contributed by atoms with Crippen molar-refractivity contribution in [2.24, 2.45) is 5.73 Å². The third-order valence-electron chi connectivity index (χ3n) is 3.93. The Bertz CT molecular complexity index is 412. The summed E-state index contributed by atoms with van der Waals surface area (Å²) in [5.41, 5.74) is 5.97. The van der Waals surface area contributed by atoms with Crippen molar-refractivity contribution in [3.8, 4) is 0 Å². The minimum atomic E-state index is -0.680. The van der Waals surface area contributed by atoms with Crippen LogP contribution >= 0.6 is 0 Å². The molecule has 0 bridgehead atoms. The Hall–Kier alpha value is -1.00. The van der Waals surface area contributed by atoms with Gasteiger partial charge in [0.1, 0.15) is 11.6 Å². The zero-order valence-electron chi connectivity index (χ0n) is 12.8. The van der Waals surface area contributed by atoms with E-state index >= 15 is 0 Å². The second kappa shape index (κ2) is 9.85. The molecule has 21 heavy (non-hydrogen) atoms. The molecule has 4 heteroatoms. The first-order valence-corrected chi connectivity index (χ1v) is 7.93. The zero-order chi connectivity index (χ0) is 15.7. The molecule has 1 aromatic rings. The first kappa shape index (κ1) is 18.1. The molecule has 1 aromatic carbocycles. The Morgan fingerprint density at radius 3 is 2.38 bits per heavy atom. The normalized spacial score (nSPS) is 14.1. The second-order valence-corrected chi connectivity index (χ2v) is 5.63. The molecule has 0 aliphatic heterocycles. The zero-order valence-corrected chi connectivity index (χ0v) is 12.8. The van der Waals surface area contributed by atoms with Gasteiger partial charge in [0, 0.05) is 18.5 Å². The van der Waals surface area contributed by atoms with Crippen molar-refractivity contribution in [1.29, 1.82) is 0 Å². The quantitative estimate of drug-likeness (QED) is 0.638. The van der Waals surface area contributed by atoms with Crippen LogP contribution in [0.15, 0.2) is 18.2 Å². The van der Waals surface area contributed by atoms with Crippen molar-refractivity contribution in [2.75, 3.05) is 6.54 Å². The topological polar surface area (TPSA) is 46.2 Å². The van der Waals surface area contributed by atoms with Crippen LogP contribution in [0.5, 0.6) is 0 Å². The minimum absolute atomic E-state index is 0.152. The fourth-order valence-electron chi connectivity index (χ4n) is 2.63. The van der Waals surface area contributed by atoms with E-state index < -0.39 is 23.7 Å². The molecular weight excluding hydrogens is 272 g/mol. The van der Waals surface area contributed by atoms with E-state index in [1.807, 2.05) is 0 Å². The van der Waals surface area contributed by atoms with E-state index in [0.29, 0.717) is 12.0 Å². The summed E-state index contributed by atoms with van der Waals surface area (Å²) in [4.78, 5) is 0. The van der Waals surface area contributed by atoms with Crippen LogP contribution in [0.25, 0.3) is 0 Å². The molecule has 0 aromatic heterocycles. The average molecular weight is 299 g/mol. The number of rotatable bonds is 10. The highest BCUT2D eigenvalue weighted by molar-refractivity contribution is 5.24. The molecule has 3 N–H and O–H groups in total. The molecule has 2 atom stereocenters. The molecule has 0 heterocycles. The number of halogens is 2. The molecule has 0 aliphatic carbocycles. The predicted molar refractivity (Wildman–Crippen MR) is 82.2 cm³/mol. The van der Waals surface area contributed by atoms with E-state index in [1.165, 1.54) is 37.8 Å². The van der Waals surface area contributed by atoms with Crippen molar-refractivity contribution in [2.45, 2.75) is 63.9 Å². The Balaban J connectivity index is 2.47. The van der Waals surface area contributed by atoms with Crippen LogP contribution in [0.3, 0.4) is 0 Å². The van der Waals surface area contributed by atoms with Gasteiger partial charge in [0.05, 0.1) is 6.10 Å². The molecule has 0 fully saturated rings. The van der Waals surface area contributed by atoms with E-state index in [-0.39, 0.29) is 6.54 Å². The van der Waals surface area contributed by atoms with Crippen LogP contribution < -0.4 is 5.73 Å². The third-order valence-corrected chi connectivity index (χ3v) is 3.93. The van der Waals surface area contributed by atoms with Crippen molar-refractivity contribution < 1.29 is 13.9 Å². The summed E-state index contributed by atoms with van der Waals surface area (Å²) >= 11 is 0. The van der Waals surface area contributed by atoms with Gasteiger partial charge in [0.15, 0.2) is 0 Å². The van der Waals surface area contributed by atoms with Crippen molar-refractivity contribution in [3.05, 3.63) is 35.4 Å². The molecule has 0 amide bonds. The van der Waals surface area contributed by atoms with E-state index in [1.54, 1.807) is 0 Å². The summed E-state index contributed by atoms with van der Waals surface area (Å²) in [6.07, 6.45) is 6.74. The first-order chi connectivity index (χ1) is 10.1. The number of nitrogens with two attached hydrogens (primary N) is 1. The van der Waals surface area contributed by atoms with Gasteiger partial charge in [0.2, 0.25) is 0 Å². The molecule has 0 radical (unpaired) electrons. The van der Waals surface area contributed by atoms with Gasteiger partial charge in [-0.3, -0.25) is 0 Å². The van der Waals surface area contributed by atoms with Gasteiger partial charge < -0.3 is 10.8 Å². The summed E-state index contributed by atoms with van der Waals surface area (Å²) < 4.78 is 26.7. The lowest BCUT2D eigenvalue weighted by Crippen LogP contribution is -2.26. The standard InChI is InChI=1S/C17H27F2NO/c1-2-3-4-5-6-7-8-17(21)15(12-20)14-10-9-13(18)11-16(14)19/h9-11,15,17,21H,2-8,12,20H2,1H3. The lowest BCUT2D eigenvalue weighted by Gasteiger charge is -2.22. The average Bonchev–Trinajstić information content (AvgIpc) is 2.45. The fourth-order valence-corrected chi connectivity index (χ4v) is 2.63. The van der Waals surface area contributed by atoms with E-state index in [2.05, 4.69) is 6.92 Å². The molecule has 0 spiro atoms. The van der Waals surface area contributed by atoms with E-state index in [0.717, 1.165) is 18.9 Å². The maximum atomic E-state index is 13.8. The van der Waals surface area contributed by atoms with Crippen LogP contribution in [0, 0.1) is 11.6 Å². The van der Waals surface area contributed by atoms with Crippen LogP contribution in [-0.4, -0.2) is 17.8 Å². The van der Waals surface area contributed by atoms with Gasteiger partial charge >= 0.3 is 0 Å². The Morgan fingerprint density at radius 1 is 1.10 bits per heavy atom. The number of hydrogen-bond acceptors (Lipinski definition) is 2. The maximum Gasteiger partial charge on any atom is 0.129 e. The fraction of sp³-hybridized carbons (Fsp3) is 0.647. The SMILES string of the molecule is CCCCCCCCC(O)C(CN)c1ccc(F)cc1F. The number of unbranched alkanes of at least 4 members (excludes halogenated alkanes) is 5. The number of aliphatic hydroxyl groups is 1.